The van der Waals surface area contributed by atoms with Gasteiger partial charge < -0.3 is 10.6 Å². The third kappa shape index (κ3) is 5.71. The van der Waals surface area contributed by atoms with Crippen molar-refractivity contribution in [3.8, 4) is 0 Å². The lowest BCUT2D eigenvalue weighted by Gasteiger charge is -2.34. The lowest BCUT2D eigenvalue weighted by Crippen LogP contribution is -2.42. The largest absolute Gasteiger partial charge is 0.356 e. The molecule has 1 fully saturated rings. The molecular formula is C12H25ClN2O. The van der Waals surface area contributed by atoms with E-state index in [-0.39, 0.29) is 18.3 Å². The molecule has 1 saturated heterocycles. The number of hydrogen-bond donors (Lipinski definition) is 2. The van der Waals surface area contributed by atoms with Crippen LogP contribution in [0.15, 0.2) is 0 Å². The van der Waals surface area contributed by atoms with Gasteiger partial charge in [-0.25, -0.2) is 0 Å². The molecule has 16 heavy (non-hydrogen) atoms. The van der Waals surface area contributed by atoms with Gasteiger partial charge in [0.2, 0.25) is 5.91 Å². The van der Waals surface area contributed by atoms with Gasteiger partial charge in [-0.15, -0.1) is 12.4 Å². The molecular weight excluding hydrogens is 224 g/mol. The Morgan fingerprint density at radius 2 is 2.00 bits per heavy atom. The molecule has 4 heteroatoms. The van der Waals surface area contributed by atoms with Crippen molar-refractivity contribution >= 4 is 18.3 Å². The van der Waals surface area contributed by atoms with E-state index < -0.39 is 0 Å². The van der Waals surface area contributed by atoms with Crippen LogP contribution in [-0.4, -0.2) is 25.5 Å². The van der Waals surface area contributed by atoms with Gasteiger partial charge in [0.25, 0.3) is 0 Å². The van der Waals surface area contributed by atoms with E-state index in [2.05, 4.69) is 24.5 Å². The summed E-state index contributed by atoms with van der Waals surface area (Å²) < 4.78 is 0. The molecule has 0 aromatic carbocycles. The Balaban J connectivity index is 0.00000225. The second-order valence-corrected chi connectivity index (χ2v) is 4.94. The van der Waals surface area contributed by atoms with Crippen LogP contribution in [0.5, 0.6) is 0 Å². The Morgan fingerprint density at radius 1 is 1.38 bits per heavy atom. The molecule has 0 saturated carbocycles. The van der Waals surface area contributed by atoms with Crippen molar-refractivity contribution in [3.05, 3.63) is 0 Å². The molecule has 96 valence electrons. The van der Waals surface area contributed by atoms with Crippen LogP contribution >= 0.6 is 12.4 Å². The molecule has 1 rings (SSSR count). The molecule has 1 amide bonds. The molecule has 1 aliphatic rings. The molecule has 1 aliphatic heterocycles. The summed E-state index contributed by atoms with van der Waals surface area (Å²) in [6.45, 7) is 7.40. The maximum atomic E-state index is 11.5. The Hall–Kier alpha value is -0.280. The Bertz CT molecular complexity index is 203. The molecule has 0 spiro atoms. The highest BCUT2D eigenvalue weighted by molar-refractivity contribution is 5.85. The van der Waals surface area contributed by atoms with E-state index in [9.17, 15) is 4.79 Å². The van der Waals surface area contributed by atoms with Crippen molar-refractivity contribution in [1.82, 2.24) is 10.6 Å². The van der Waals surface area contributed by atoms with Crippen LogP contribution in [0.4, 0.5) is 0 Å². The van der Waals surface area contributed by atoms with E-state index in [1.807, 2.05) is 0 Å². The minimum absolute atomic E-state index is 0. The average molecular weight is 249 g/mol. The monoisotopic (exact) mass is 248 g/mol. The fraction of sp³-hybridized carbons (Fsp3) is 0.917. The molecule has 0 unspecified atom stereocenters. The van der Waals surface area contributed by atoms with Gasteiger partial charge in [-0.05, 0) is 37.8 Å². The lowest BCUT2D eigenvalue weighted by atomic mass is 9.81. The lowest BCUT2D eigenvalue weighted by molar-refractivity contribution is -0.121. The molecule has 0 atom stereocenters. The first-order valence-electron chi connectivity index (χ1n) is 6.14. The number of carbonyl (C=O) groups is 1. The van der Waals surface area contributed by atoms with Crippen LogP contribution in [0.1, 0.15) is 46.0 Å². The van der Waals surface area contributed by atoms with Gasteiger partial charge in [-0.2, -0.15) is 0 Å². The fourth-order valence-corrected chi connectivity index (χ4v) is 1.94. The third-order valence-electron chi connectivity index (χ3n) is 3.28. The predicted octanol–water partition coefficient (Wildman–Crippen LogP) is 2.10. The SMILES string of the molecule is CCCCC(=O)NCC1(C)CCNCC1.Cl. The van der Waals surface area contributed by atoms with Crippen LogP contribution in [0.2, 0.25) is 0 Å². The van der Waals surface area contributed by atoms with Crippen LogP contribution in [0.25, 0.3) is 0 Å². The second kappa shape index (κ2) is 7.91. The first kappa shape index (κ1) is 15.7. The molecule has 0 aromatic rings. The molecule has 0 aromatic heterocycles. The van der Waals surface area contributed by atoms with E-state index in [1.165, 1.54) is 12.8 Å². The highest BCUT2D eigenvalue weighted by Gasteiger charge is 2.26. The second-order valence-electron chi connectivity index (χ2n) is 4.94. The van der Waals surface area contributed by atoms with Crippen molar-refractivity contribution in [2.24, 2.45) is 5.41 Å². The van der Waals surface area contributed by atoms with Crippen LogP contribution < -0.4 is 10.6 Å². The summed E-state index contributed by atoms with van der Waals surface area (Å²) in [5.41, 5.74) is 0.313. The number of rotatable bonds is 5. The zero-order valence-electron chi connectivity index (χ0n) is 10.5. The average Bonchev–Trinajstić information content (AvgIpc) is 2.25. The quantitative estimate of drug-likeness (QED) is 0.783. The van der Waals surface area contributed by atoms with E-state index in [0.717, 1.165) is 32.5 Å². The van der Waals surface area contributed by atoms with Crippen LogP contribution in [0.3, 0.4) is 0 Å². The number of nitrogens with one attached hydrogen (secondary N) is 2. The zero-order chi connectivity index (χ0) is 11.1. The minimum atomic E-state index is 0. The van der Waals surface area contributed by atoms with Gasteiger partial charge >= 0.3 is 0 Å². The fourth-order valence-electron chi connectivity index (χ4n) is 1.94. The van der Waals surface area contributed by atoms with Gasteiger partial charge in [-0.3, -0.25) is 4.79 Å². The summed E-state index contributed by atoms with van der Waals surface area (Å²) in [6.07, 6.45) is 5.12. The summed E-state index contributed by atoms with van der Waals surface area (Å²) in [4.78, 5) is 11.5. The summed E-state index contributed by atoms with van der Waals surface area (Å²) in [6, 6.07) is 0. The number of piperidine rings is 1. The first-order valence-corrected chi connectivity index (χ1v) is 6.14. The molecule has 3 nitrogen and oxygen atoms in total. The molecule has 1 heterocycles. The van der Waals surface area contributed by atoms with Crippen molar-refractivity contribution in [3.63, 3.8) is 0 Å². The molecule has 2 N–H and O–H groups in total. The van der Waals surface area contributed by atoms with E-state index in [1.54, 1.807) is 0 Å². The maximum Gasteiger partial charge on any atom is 0.220 e. The highest BCUT2D eigenvalue weighted by atomic mass is 35.5. The van der Waals surface area contributed by atoms with Crippen LogP contribution in [-0.2, 0) is 4.79 Å². The third-order valence-corrected chi connectivity index (χ3v) is 3.28. The maximum absolute atomic E-state index is 11.5. The van der Waals surface area contributed by atoms with Gasteiger partial charge in [0, 0.05) is 13.0 Å². The van der Waals surface area contributed by atoms with Crippen molar-refractivity contribution < 1.29 is 4.79 Å². The standard InChI is InChI=1S/C12H24N2O.ClH/c1-3-4-5-11(15)14-10-12(2)6-8-13-9-7-12;/h13H,3-10H2,1-2H3,(H,14,15);1H. The molecule has 0 radical (unpaired) electrons. The van der Waals surface area contributed by atoms with Gasteiger partial charge in [-0.1, -0.05) is 20.3 Å². The topological polar surface area (TPSA) is 41.1 Å². The summed E-state index contributed by atoms with van der Waals surface area (Å²) in [5, 5.41) is 6.41. The smallest absolute Gasteiger partial charge is 0.220 e. The van der Waals surface area contributed by atoms with Gasteiger partial charge in [0.1, 0.15) is 0 Å². The molecule has 0 bridgehead atoms. The minimum Gasteiger partial charge on any atom is -0.356 e. The zero-order valence-corrected chi connectivity index (χ0v) is 11.3. The highest BCUT2D eigenvalue weighted by Crippen LogP contribution is 2.26. The summed E-state index contributed by atoms with van der Waals surface area (Å²) in [7, 11) is 0. The number of hydrogen-bond acceptors (Lipinski definition) is 2. The van der Waals surface area contributed by atoms with Crippen molar-refractivity contribution in [2.75, 3.05) is 19.6 Å². The Kier molecular flexibility index (Phi) is 7.77. The van der Waals surface area contributed by atoms with E-state index >= 15 is 0 Å². The normalized spacial score (nSPS) is 18.6. The number of carbonyl (C=O) groups excluding carboxylic acids is 1. The van der Waals surface area contributed by atoms with Crippen molar-refractivity contribution in [2.45, 2.75) is 46.0 Å². The van der Waals surface area contributed by atoms with Gasteiger partial charge in [0.15, 0.2) is 0 Å². The Labute approximate surface area is 105 Å². The van der Waals surface area contributed by atoms with Gasteiger partial charge in [0.05, 0.1) is 0 Å². The number of amides is 1. The Morgan fingerprint density at radius 3 is 2.56 bits per heavy atom. The number of unbranched alkanes of at least 4 members (excludes halogenated alkanes) is 1. The first-order chi connectivity index (χ1) is 7.16. The van der Waals surface area contributed by atoms with E-state index in [4.69, 9.17) is 0 Å². The number of halogens is 1. The van der Waals surface area contributed by atoms with E-state index in [0.29, 0.717) is 11.8 Å². The van der Waals surface area contributed by atoms with Crippen LogP contribution in [0, 0.1) is 5.41 Å². The predicted molar refractivity (Wildman–Crippen MR) is 70.0 cm³/mol. The molecule has 0 aliphatic carbocycles. The summed E-state index contributed by atoms with van der Waals surface area (Å²) >= 11 is 0. The summed E-state index contributed by atoms with van der Waals surface area (Å²) in [5.74, 6) is 0.219. The van der Waals surface area contributed by atoms with Crippen molar-refractivity contribution in [1.29, 1.82) is 0 Å².